The van der Waals surface area contributed by atoms with Gasteiger partial charge in [0.05, 0.1) is 6.61 Å². The summed E-state index contributed by atoms with van der Waals surface area (Å²) in [6.45, 7) is 25.6. The number of carbonyl (C=O) groups is 1. The predicted octanol–water partition coefficient (Wildman–Crippen LogP) is 4.42. The minimum Gasteiger partial charge on any atom is -0.518 e. The van der Waals surface area contributed by atoms with Gasteiger partial charge in [-0.05, 0) is 78.6 Å². The Kier molecular flexibility index (Phi) is 8.54. The van der Waals surface area contributed by atoms with Crippen molar-refractivity contribution < 1.29 is 27.2 Å². The van der Waals surface area contributed by atoms with Crippen LogP contribution in [-0.2, 0) is 27.2 Å². The van der Waals surface area contributed by atoms with Crippen molar-refractivity contribution in [3.63, 3.8) is 0 Å². The molecule has 0 aliphatic carbocycles. The Bertz CT molecular complexity index is 530. The van der Waals surface area contributed by atoms with Crippen LogP contribution in [0.5, 0.6) is 0 Å². The molecule has 0 amide bonds. The lowest BCUT2D eigenvalue weighted by Crippen LogP contribution is -2.51. The Morgan fingerprint density at radius 3 is 1.57 bits per heavy atom. The molecule has 10 heteroatoms. The van der Waals surface area contributed by atoms with E-state index in [1.54, 1.807) is 0 Å². The van der Waals surface area contributed by atoms with Gasteiger partial charge in [-0.1, -0.05) is 0 Å². The van der Waals surface area contributed by atoms with Crippen molar-refractivity contribution >= 4 is 39.2 Å². The molecule has 1 fully saturated rings. The van der Waals surface area contributed by atoms with Crippen molar-refractivity contribution in [2.45, 2.75) is 103 Å². The molecule has 0 N–H and O–H groups in total. The Labute approximate surface area is 176 Å². The van der Waals surface area contributed by atoms with Crippen molar-refractivity contribution in [3.8, 4) is 0 Å². The van der Waals surface area contributed by atoms with Crippen LogP contribution in [0.3, 0.4) is 0 Å². The molecule has 0 unspecified atom stereocenters. The summed E-state index contributed by atoms with van der Waals surface area (Å²) in [4.78, 5) is 13.0. The van der Waals surface area contributed by atoms with Gasteiger partial charge < -0.3 is 22.4 Å². The third kappa shape index (κ3) is 9.79. The number of ether oxygens (including phenoxy) is 1. The summed E-state index contributed by atoms with van der Waals surface area (Å²) in [5, 5.41) is 0. The Morgan fingerprint density at radius 2 is 1.18 bits per heavy atom. The first-order chi connectivity index (χ1) is 12.3. The topological polar surface area (TPSA) is 63.2 Å². The van der Waals surface area contributed by atoms with E-state index in [2.05, 4.69) is 58.9 Å². The lowest BCUT2D eigenvalue weighted by atomic mass is 10.1. The summed E-state index contributed by atoms with van der Waals surface area (Å²) in [7, 11) is -7.63. The molecule has 1 heterocycles. The van der Waals surface area contributed by atoms with Crippen LogP contribution >= 0.6 is 0 Å². The van der Waals surface area contributed by atoms with Gasteiger partial charge in [0.2, 0.25) is 8.32 Å². The van der Waals surface area contributed by atoms with E-state index in [4.69, 9.17) is 22.4 Å². The molecular formula is C18H42O6Si4. The molecule has 6 nitrogen and oxygen atoms in total. The zero-order valence-corrected chi connectivity index (χ0v) is 24.0. The van der Waals surface area contributed by atoms with Gasteiger partial charge in [0.15, 0.2) is 31.1 Å². The zero-order chi connectivity index (χ0) is 22.1. The van der Waals surface area contributed by atoms with Crippen molar-refractivity contribution in [2.24, 2.45) is 0 Å². The molecule has 28 heavy (non-hydrogen) atoms. The largest absolute Gasteiger partial charge is 0.518 e. The molecule has 1 aliphatic rings. The van der Waals surface area contributed by atoms with E-state index in [0.717, 1.165) is 0 Å². The predicted molar refractivity (Wildman–Crippen MR) is 124 cm³/mol. The summed E-state index contributed by atoms with van der Waals surface area (Å²) >= 11 is 0. The molecule has 0 spiro atoms. The molecule has 0 saturated carbocycles. The lowest BCUT2D eigenvalue weighted by molar-refractivity contribution is -0.151. The first kappa shape index (κ1) is 26.2. The number of carbonyl (C=O) groups excluding carboxylic acids is 1. The van der Waals surface area contributed by atoms with Gasteiger partial charge in [0, 0.05) is 0 Å². The second-order valence-corrected chi connectivity index (χ2v) is 29.3. The monoisotopic (exact) mass is 466 g/mol. The summed E-state index contributed by atoms with van der Waals surface area (Å²) in [6.07, 6.45) is -1.89. The Balaban J connectivity index is 3.19. The molecule has 1 aliphatic heterocycles. The molecule has 0 radical (unpaired) electrons. The average molecular weight is 467 g/mol. The van der Waals surface area contributed by atoms with Crippen LogP contribution in [0.1, 0.15) is 0 Å². The second kappa shape index (κ2) is 9.12. The molecule has 0 aromatic heterocycles. The van der Waals surface area contributed by atoms with Crippen LogP contribution in [0.15, 0.2) is 0 Å². The maximum absolute atomic E-state index is 13.0. The first-order valence-electron chi connectivity index (χ1n) is 10.2. The zero-order valence-electron chi connectivity index (χ0n) is 20.0. The first-order valence-corrected chi connectivity index (χ1v) is 23.8. The van der Waals surface area contributed by atoms with Gasteiger partial charge in [0.25, 0.3) is 0 Å². The van der Waals surface area contributed by atoms with Crippen molar-refractivity contribution in [1.82, 2.24) is 0 Å². The maximum atomic E-state index is 13.0. The van der Waals surface area contributed by atoms with Gasteiger partial charge >= 0.3 is 5.97 Å². The van der Waals surface area contributed by atoms with Crippen LogP contribution in [0.25, 0.3) is 0 Å². The SMILES string of the molecule is C[Si](C)(C)OC[C@@H]1O[C@@H](C(=O)O[Si](C)(C)C)[C@@H](O[Si](C)(C)C)[C@H]1O[Si](C)(C)C. The van der Waals surface area contributed by atoms with Gasteiger partial charge in [-0.25, -0.2) is 0 Å². The highest BCUT2D eigenvalue weighted by atomic mass is 28.4. The fraction of sp³-hybridized carbons (Fsp3) is 0.944. The maximum Gasteiger partial charge on any atom is 0.324 e. The summed E-state index contributed by atoms with van der Waals surface area (Å²) in [6, 6.07) is 0. The Hall–Kier alpha value is 0.178. The second-order valence-electron chi connectivity index (χ2n) is 11.4. The molecule has 4 atom stereocenters. The highest BCUT2D eigenvalue weighted by Gasteiger charge is 2.53. The van der Waals surface area contributed by atoms with E-state index >= 15 is 0 Å². The number of hydrogen-bond donors (Lipinski definition) is 0. The normalized spacial score (nSPS) is 27.1. The van der Waals surface area contributed by atoms with E-state index in [9.17, 15) is 4.79 Å². The van der Waals surface area contributed by atoms with Crippen molar-refractivity contribution in [1.29, 1.82) is 0 Å². The molecule has 1 saturated heterocycles. The smallest absolute Gasteiger partial charge is 0.324 e. The minimum absolute atomic E-state index is 0.325. The quantitative estimate of drug-likeness (QED) is 0.469. The summed E-state index contributed by atoms with van der Waals surface area (Å²) in [5.41, 5.74) is 0. The third-order valence-corrected chi connectivity index (χ3v) is 7.41. The van der Waals surface area contributed by atoms with Crippen LogP contribution in [-0.4, -0.2) is 70.3 Å². The van der Waals surface area contributed by atoms with Gasteiger partial charge in [0.1, 0.15) is 18.3 Å². The molecular weight excluding hydrogens is 425 g/mol. The van der Waals surface area contributed by atoms with Gasteiger partial charge in [-0.2, -0.15) is 0 Å². The summed E-state index contributed by atoms with van der Waals surface area (Å²) in [5.74, 6) is -0.331. The molecule has 1 rings (SSSR count). The number of rotatable bonds is 9. The summed E-state index contributed by atoms with van der Waals surface area (Å²) < 4.78 is 31.1. The molecule has 0 bridgehead atoms. The van der Waals surface area contributed by atoms with Crippen LogP contribution in [0.4, 0.5) is 0 Å². The van der Waals surface area contributed by atoms with Crippen molar-refractivity contribution in [3.05, 3.63) is 0 Å². The number of hydrogen-bond acceptors (Lipinski definition) is 6. The van der Waals surface area contributed by atoms with Gasteiger partial charge in [-0.3, -0.25) is 4.79 Å². The van der Waals surface area contributed by atoms with Crippen LogP contribution in [0.2, 0.25) is 78.6 Å². The van der Waals surface area contributed by atoms with Crippen molar-refractivity contribution in [2.75, 3.05) is 6.61 Å². The lowest BCUT2D eigenvalue weighted by Gasteiger charge is -2.34. The van der Waals surface area contributed by atoms with E-state index in [0.29, 0.717) is 6.61 Å². The van der Waals surface area contributed by atoms with Crippen LogP contribution < -0.4 is 0 Å². The minimum atomic E-state index is -2.05. The highest BCUT2D eigenvalue weighted by molar-refractivity contribution is 6.71. The fourth-order valence-corrected chi connectivity index (χ4v) is 6.39. The van der Waals surface area contributed by atoms with E-state index in [1.807, 2.05) is 19.6 Å². The average Bonchev–Trinajstić information content (AvgIpc) is 2.68. The van der Waals surface area contributed by atoms with Crippen LogP contribution in [0, 0.1) is 0 Å². The van der Waals surface area contributed by atoms with Gasteiger partial charge in [-0.15, -0.1) is 0 Å². The van der Waals surface area contributed by atoms with E-state index in [-0.39, 0.29) is 18.2 Å². The standard InChI is InChI=1S/C18H42O6Si4/c1-25(2,3)20-13-14-15(22-26(4,5)6)16(23-27(7,8)9)17(21-14)18(19)24-28(10,11)12/h14-17H,13H2,1-12H3/t14-,15-,16-,17+/m0/s1. The van der Waals surface area contributed by atoms with E-state index < -0.39 is 45.5 Å². The molecule has 0 aromatic rings. The molecule has 166 valence electrons. The third-order valence-electron chi connectivity index (χ3n) is 3.61. The Morgan fingerprint density at radius 1 is 0.714 bits per heavy atom. The highest BCUT2D eigenvalue weighted by Crippen LogP contribution is 2.33. The molecule has 0 aromatic carbocycles. The fourth-order valence-electron chi connectivity index (χ4n) is 2.83. The van der Waals surface area contributed by atoms with E-state index in [1.165, 1.54) is 0 Å².